The molecule has 1 aromatic heterocycles. The summed E-state index contributed by atoms with van der Waals surface area (Å²) in [5.74, 6) is -0.0766. The van der Waals surface area contributed by atoms with Gasteiger partial charge in [-0.25, -0.2) is 0 Å². The Morgan fingerprint density at radius 2 is 1.96 bits per heavy atom. The summed E-state index contributed by atoms with van der Waals surface area (Å²) in [7, 11) is 1.83. The van der Waals surface area contributed by atoms with Crippen LogP contribution < -0.4 is 5.73 Å². The maximum absolute atomic E-state index is 12.9. The Bertz CT molecular complexity index is 856. The van der Waals surface area contributed by atoms with Gasteiger partial charge in [0, 0.05) is 40.9 Å². The van der Waals surface area contributed by atoms with Gasteiger partial charge in [-0.3, -0.25) is 9.48 Å². The molecule has 3 rings (SSSR count). The Hall–Kier alpha value is -2.43. The molecule has 0 unspecified atom stereocenters. The van der Waals surface area contributed by atoms with Crippen LogP contribution in [0.2, 0.25) is 5.02 Å². The monoisotopic (exact) mass is 325 g/mol. The smallest absolute Gasteiger partial charge is 0.193 e. The minimum atomic E-state index is -0.0766. The number of aromatic nitrogens is 2. The summed E-state index contributed by atoms with van der Waals surface area (Å²) < 4.78 is 1.73. The van der Waals surface area contributed by atoms with Gasteiger partial charge in [0.15, 0.2) is 5.78 Å². The maximum Gasteiger partial charge on any atom is 0.193 e. The number of benzene rings is 2. The highest BCUT2D eigenvalue weighted by atomic mass is 35.5. The summed E-state index contributed by atoms with van der Waals surface area (Å²) in [6, 6.07) is 14.4. The van der Waals surface area contributed by atoms with Gasteiger partial charge in [0.05, 0.1) is 11.9 Å². The predicted molar refractivity (Wildman–Crippen MR) is 91.4 cm³/mol. The van der Waals surface area contributed by atoms with E-state index in [0.717, 1.165) is 16.8 Å². The van der Waals surface area contributed by atoms with Crippen molar-refractivity contribution in [1.29, 1.82) is 0 Å². The molecule has 0 aliphatic rings. The number of rotatable bonds is 4. The number of nitrogens with two attached hydrogens (primary N) is 1. The van der Waals surface area contributed by atoms with Gasteiger partial charge in [0.25, 0.3) is 0 Å². The second-order valence-electron chi connectivity index (χ2n) is 5.23. The SMILES string of the molecule is Cn1ncc(CN)c1-c1ccc(Cl)cc1C(=O)c1ccccc1. The molecule has 23 heavy (non-hydrogen) atoms. The number of aryl methyl sites for hydroxylation is 1. The van der Waals surface area contributed by atoms with E-state index in [-0.39, 0.29) is 5.78 Å². The zero-order chi connectivity index (χ0) is 16.4. The minimum absolute atomic E-state index is 0.0766. The van der Waals surface area contributed by atoms with E-state index in [4.69, 9.17) is 17.3 Å². The molecule has 1 heterocycles. The van der Waals surface area contributed by atoms with Crippen LogP contribution in [0.5, 0.6) is 0 Å². The number of nitrogens with zero attached hydrogens (tertiary/aromatic N) is 2. The molecular formula is C18H16ClN3O. The quantitative estimate of drug-likeness (QED) is 0.747. The molecule has 5 heteroatoms. The lowest BCUT2D eigenvalue weighted by atomic mass is 9.95. The summed E-state index contributed by atoms with van der Waals surface area (Å²) in [5, 5.41) is 4.77. The van der Waals surface area contributed by atoms with E-state index in [9.17, 15) is 4.79 Å². The zero-order valence-electron chi connectivity index (χ0n) is 12.7. The van der Waals surface area contributed by atoms with Gasteiger partial charge in [0.1, 0.15) is 0 Å². The van der Waals surface area contributed by atoms with Gasteiger partial charge in [-0.2, -0.15) is 5.10 Å². The van der Waals surface area contributed by atoms with Crippen molar-refractivity contribution in [2.45, 2.75) is 6.54 Å². The summed E-state index contributed by atoms with van der Waals surface area (Å²) in [6.45, 7) is 0.352. The van der Waals surface area contributed by atoms with Crippen LogP contribution in [0, 0.1) is 0 Å². The third-order valence-electron chi connectivity index (χ3n) is 3.75. The van der Waals surface area contributed by atoms with Gasteiger partial charge < -0.3 is 5.73 Å². The van der Waals surface area contributed by atoms with Crippen molar-refractivity contribution in [3.8, 4) is 11.3 Å². The van der Waals surface area contributed by atoms with E-state index in [1.165, 1.54) is 0 Å². The van der Waals surface area contributed by atoms with Crippen molar-refractivity contribution >= 4 is 17.4 Å². The lowest BCUT2D eigenvalue weighted by Crippen LogP contribution is -2.07. The molecule has 0 atom stereocenters. The van der Waals surface area contributed by atoms with Crippen molar-refractivity contribution in [2.24, 2.45) is 12.8 Å². The molecule has 0 bridgehead atoms. The molecule has 0 saturated heterocycles. The molecule has 2 N–H and O–H groups in total. The van der Waals surface area contributed by atoms with Crippen LogP contribution >= 0.6 is 11.6 Å². The molecule has 3 aromatic rings. The van der Waals surface area contributed by atoms with Gasteiger partial charge in [-0.15, -0.1) is 0 Å². The van der Waals surface area contributed by atoms with E-state index >= 15 is 0 Å². The predicted octanol–water partition coefficient (Wildman–Crippen LogP) is 3.43. The number of ketones is 1. The normalized spacial score (nSPS) is 10.7. The molecule has 0 radical (unpaired) electrons. The van der Waals surface area contributed by atoms with Crippen LogP contribution in [0.25, 0.3) is 11.3 Å². The van der Waals surface area contributed by atoms with E-state index in [1.807, 2.05) is 31.3 Å². The Kier molecular flexibility index (Phi) is 4.28. The first-order valence-corrected chi connectivity index (χ1v) is 7.60. The van der Waals surface area contributed by atoms with Gasteiger partial charge in [-0.05, 0) is 12.1 Å². The average Bonchev–Trinajstić information content (AvgIpc) is 2.95. The van der Waals surface area contributed by atoms with Crippen LogP contribution in [0.4, 0.5) is 0 Å². The van der Waals surface area contributed by atoms with Gasteiger partial charge >= 0.3 is 0 Å². The molecular weight excluding hydrogens is 310 g/mol. The highest BCUT2D eigenvalue weighted by Crippen LogP contribution is 2.30. The van der Waals surface area contributed by atoms with Gasteiger partial charge in [-0.1, -0.05) is 48.0 Å². The molecule has 0 saturated carbocycles. The Morgan fingerprint density at radius 3 is 2.65 bits per heavy atom. The van der Waals surface area contributed by atoms with Crippen molar-refractivity contribution in [3.63, 3.8) is 0 Å². The van der Waals surface area contributed by atoms with Crippen molar-refractivity contribution in [1.82, 2.24) is 9.78 Å². The fraction of sp³-hybridized carbons (Fsp3) is 0.111. The lowest BCUT2D eigenvalue weighted by Gasteiger charge is -2.12. The highest BCUT2D eigenvalue weighted by molar-refractivity contribution is 6.31. The molecule has 0 fully saturated rings. The van der Waals surface area contributed by atoms with Crippen molar-refractivity contribution < 1.29 is 4.79 Å². The first kappa shape index (κ1) is 15.5. The fourth-order valence-electron chi connectivity index (χ4n) is 2.64. The first-order valence-electron chi connectivity index (χ1n) is 7.22. The number of carbonyl (C=O) groups is 1. The molecule has 0 aliphatic carbocycles. The number of halogens is 1. The van der Waals surface area contributed by atoms with Crippen molar-refractivity contribution in [2.75, 3.05) is 0 Å². The topological polar surface area (TPSA) is 60.9 Å². The third-order valence-corrected chi connectivity index (χ3v) is 3.99. The van der Waals surface area contributed by atoms with E-state index in [0.29, 0.717) is 22.7 Å². The summed E-state index contributed by atoms with van der Waals surface area (Å²) in [4.78, 5) is 12.9. The zero-order valence-corrected chi connectivity index (χ0v) is 13.4. The Morgan fingerprint density at radius 1 is 1.22 bits per heavy atom. The third kappa shape index (κ3) is 2.91. The van der Waals surface area contributed by atoms with Crippen molar-refractivity contribution in [3.05, 3.63) is 76.4 Å². The van der Waals surface area contributed by atoms with E-state index in [2.05, 4.69) is 5.10 Å². The maximum atomic E-state index is 12.9. The molecule has 4 nitrogen and oxygen atoms in total. The largest absolute Gasteiger partial charge is 0.326 e. The summed E-state index contributed by atoms with van der Waals surface area (Å²) in [5.41, 5.74) is 9.47. The molecule has 0 aliphatic heterocycles. The fourth-order valence-corrected chi connectivity index (χ4v) is 2.81. The summed E-state index contributed by atoms with van der Waals surface area (Å²) >= 11 is 6.12. The summed E-state index contributed by atoms with van der Waals surface area (Å²) in [6.07, 6.45) is 1.72. The van der Waals surface area contributed by atoms with Crippen LogP contribution in [-0.2, 0) is 13.6 Å². The van der Waals surface area contributed by atoms with E-state index < -0.39 is 0 Å². The van der Waals surface area contributed by atoms with Crippen LogP contribution in [0.3, 0.4) is 0 Å². The molecule has 116 valence electrons. The first-order chi connectivity index (χ1) is 11.1. The number of hydrogen-bond donors (Lipinski definition) is 1. The Balaban J connectivity index is 2.20. The molecule has 0 spiro atoms. The second-order valence-corrected chi connectivity index (χ2v) is 5.67. The van der Waals surface area contributed by atoms with E-state index in [1.54, 1.807) is 35.1 Å². The Labute approximate surface area is 139 Å². The molecule has 0 amide bonds. The number of carbonyl (C=O) groups excluding carboxylic acids is 1. The second kappa shape index (κ2) is 6.36. The van der Waals surface area contributed by atoms with Crippen LogP contribution in [0.15, 0.2) is 54.7 Å². The molecule has 2 aromatic carbocycles. The average molecular weight is 326 g/mol. The van der Waals surface area contributed by atoms with Crippen LogP contribution in [0.1, 0.15) is 21.5 Å². The number of hydrogen-bond acceptors (Lipinski definition) is 3. The minimum Gasteiger partial charge on any atom is -0.326 e. The van der Waals surface area contributed by atoms with Crippen LogP contribution in [-0.4, -0.2) is 15.6 Å². The highest BCUT2D eigenvalue weighted by Gasteiger charge is 2.19. The lowest BCUT2D eigenvalue weighted by molar-refractivity contribution is 0.103. The van der Waals surface area contributed by atoms with Gasteiger partial charge in [0.2, 0.25) is 0 Å². The standard InChI is InChI=1S/C18H16ClN3O/c1-22-17(13(10-20)11-21-22)15-8-7-14(19)9-16(15)18(23)12-5-3-2-4-6-12/h2-9,11H,10,20H2,1H3.